The van der Waals surface area contributed by atoms with E-state index < -0.39 is 17.1 Å². The quantitative estimate of drug-likeness (QED) is 0.580. The molecule has 162 valence electrons. The Hall–Kier alpha value is -3.68. The molecule has 0 saturated carbocycles. The number of rotatable bonds is 8. The number of hydrogen-bond donors (Lipinski definition) is 2. The van der Waals surface area contributed by atoms with Gasteiger partial charge in [0.2, 0.25) is 5.91 Å². The lowest BCUT2D eigenvalue weighted by Gasteiger charge is -2.24. The number of benzene rings is 2. The highest BCUT2D eigenvalue weighted by Crippen LogP contribution is 2.20. The number of amides is 1. The summed E-state index contributed by atoms with van der Waals surface area (Å²) in [5.74, 6) is -0.823. The van der Waals surface area contributed by atoms with Crippen LogP contribution in [0, 0.1) is 5.82 Å². The topological polar surface area (TPSA) is 101 Å². The van der Waals surface area contributed by atoms with E-state index >= 15 is 0 Å². The number of H-pyrrole nitrogens is 1. The van der Waals surface area contributed by atoms with Crippen molar-refractivity contribution in [2.45, 2.75) is 32.7 Å². The summed E-state index contributed by atoms with van der Waals surface area (Å²) < 4.78 is 14.4. The highest BCUT2D eigenvalue weighted by molar-refractivity contribution is 5.96. The number of hydrogen-bond acceptors (Lipinski definition) is 4. The van der Waals surface area contributed by atoms with Gasteiger partial charge in [0.1, 0.15) is 11.6 Å². The Morgan fingerprint density at radius 3 is 2.39 bits per heavy atom. The number of halogens is 1. The number of carbonyl (C=O) groups is 1. The number of nitrogens with zero attached hydrogens (tertiary/aromatic N) is 2. The molecule has 0 fully saturated rings. The third-order valence-corrected chi connectivity index (χ3v) is 4.97. The monoisotopic (exact) mass is 424 g/mol. The summed E-state index contributed by atoms with van der Waals surface area (Å²) in [6.45, 7) is 2.39. The lowest BCUT2D eigenvalue weighted by Crippen LogP contribution is -2.42. The lowest BCUT2D eigenvalue weighted by molar-refractivity contribution is -0.118. The van der Waals surface area contributed by atoms with Gasteiger partial charge in [-0.05, 0) is 29.7 Å². The number of nitrogen functional groups attached to an aromatic ring is 1. The van der Waals surface area contributed by atoms with E-state index in [1.807, 2.05) is 37.3 Å². The number of nitrogens with two attached hydrogens (primary N) is 1. The molecule has 0 aliphatic rings. The van der Waals surface area contributed by atoms with Crippen LogP contribution in [-0.2, 0) is 17.8 Å². The smallest absolute Gasteiger partial charge is 0.330 e. The molecule has 0 aliphatic carbocycles. The number of nitrogens with one attached hydrogen (secondary N) is 1. The van der Waals surface area contributed by atoms with Crippen molar-refractivity contribution < 1.29 is 9.18 Å². The summed E-state index contributed by atoms with van der Waals surface area (Å²) >= 11 is 0. The minimum absolute atomic E-state index is 0.0271. The number of anilines is 2. The third kappa shape index (κ3) is 5.28. The molecule has 3 N–H and O–H groups in total. The standard InChI is InChI=1S/C23H25FN4O3/c1-2-3-13-27(19(29)14-16-9-11-18(24)12-10-16)20-21(25)28(23(31)26-22(20)30)15-17-7-5-4-6-8-17/h4-12H,2-3,13-15,25H2,1H3,(H,26,30,31). The normalized spacial score (nSPS) is 10.8. The van der Waals surface area contributed by atoms with Crippen molar-refractivity contribution >= 4 is 17.4 Å². The van der Waals surface area contributed by atoms with Crippen molar-refractivity contribution in [3.63, 3.8) is 0 Å². The number of aromatic amines is 1. The van der Waals surface area contributed by atoms with E-state index in [1.54, 1.807) is 0 Å². The predicted octanol–water partition coefficient (Wildman–Crippen LogP) is 2.68. The van der Waals surface area contributed by atoms with Crippen LogP contribution in [-0.4, -0.2) is 22.0 Å². The van der Waals surface area contributed by atoms with E-state index in [9.17, 15) is 18.8 Å². The Balaban J connectivity index is 2.00. The van der Waals surface area contributed by atoms with Crippen LogP contribution in [0.15, 0.2) is 64.2 Å². The molecule has 31 heavy (non-hydrogen) atoms. The summed E-state index contributed by atoms with van der Waals surface area (Å²) in [5, 5.41) is 0. The average molecular weight is 424 g/mol. The largest absolute Gasteiger partial charge is 0.383 e. The maximum absolute atomic E-state index is 13.2. The summed E-state index contributed by atoms with van der Waals surface area (Å²) in [5.41, 5.74) is 6.29. The highest BCUT2D eigenvalue weighted by Gasteiger charge is 2.24. The molecule has 0 saturated heterocycles. The molecule has 0 radical (unpaired) electrons. The van der Waals surface area contributed by atoms with Crippen LogP contribution >= 0.6 is 0 Å². The Labute approximate surface area is 178 Å². The van der Waals surface area contributed by atoms with Crippen LogP contribution in [0.5, 0.6) is 0 Å². The average Bonchev–Trinajstić information content (AvgIpc) is 2.75. The number of carbonyl (C=O) groups excluding carboxylic acids is 1. The molecule has 7 nitrogen and oxygen atoms in total. The molecular weight excluding hydrogens is 399 g/mol. The first-order valence-corrected chi connectivity index (χ1v) is 10.1. The van der Waals surface area contributed by atoms with Gasteiger partial charge in [-0.25, -0.2) is 9.18 Å². The second-order valence-electron chi connectivity index (χ2n) is 7.27. The van der Waals surface area contributed by atoms with Crippen molar-refractivity contribution in [3.05, 3.63) is 92.4 Å². The van der Waals surface area contributed by atoms with Gasteiger partial charge in [0.15, 0.2) is 5.69 Å². The molecule has 1 aromatic heterocycles. The summed E-state index contributed by atoms with van der Waals surface area (Å²) in [6.07, 6.45) is 1.41. The van der Waals surface area contributed by atoms with Crippen molar-refractivity contribution in [2.24, 2.45) is 0 Å². The fourth-order valence-corrected chi connectivity index (χ4v) is 3.31. The molecule has 0 unspecified atom stereocenters. The zero-order valence-electron chi connectivity index (χ0n) is 17.3. The van der Waals surface area contributed by atoms with Crippen molar-refractivity contribution in [1.82, 2.24) is 9.55 Å². The summed E-state index contributed by atoms with van der Waals surface area (Å²) in [4.78, 5) is 41.8. The summed E-state index contributed by atoms with van der Waals surface area (Å²) in [7, 11) is 0. The van der Waals surface area contributed by atoms with Crippen molar-refractivity contribution in [3.8, 4) is 0 Å². The van der Waals surface area contributed by atoms with E-state index in [1.165, 1.54) is 33.7 Å². The first-order chi connectivity index (χ1) is 14.9. The Morgan fingerprint density at radius 2 is 1.74 bits per heavy atom. The van der Waals surface area contributed by atoms with E-state index in [0.717, 1.165) is 12.0 Å². The lowest BCUT2D eigenvalue weighted by atomic mass is 10.1. The molecule has 1 amide bonds. The van der Waals surface area contributed by atoms with Gasteiger partial charge in [-0.2, -0.15) is 0 Å². The van der Waals surface area contributed by atoms with Crippen LogP contribution in [0.1, 0.15) is 30.9 Å². The van der Waals surface area contributed by atoms with E-state index in [4.69, 9.17) is 5.73 Å². The van der Waals surface area contributed by atoms with Gasteiger partial charge in [-0.3, -0.25) is 19.1 Å². The van der Waals surface area contributed by atoms with Crippen LogP contribution in [0.3, 0.4) is 0 Å². The van der Waals surface area contributed by atoms with Gasteiger partial charge in [0.25, 0.3) is 5.56 Å². The number of unbranched alkanes of at least 4 members (excludes halogenated alkanes) is 1. The number of aromatic nitrogens is 2. The Morgan fingerprint density at radius 1 is 1.06 bits per heavy atom. The molecule has 8 heteroatoms. The second kappa shape index (κ2) is 9.88. The van der Waals surface area contributed by atoms with Gasteiger partial charge in [0.05, 0.1) is 13.0 Å². The van der Waals surface area contributed by atoms with Crippen LogP contribution in [0.4, 0.5) is 15.9 Å². The van der Waals surface area contributed by atoms with Crippen LogP contribution < -0.4 is 21.9 Å². The van der Waals surface area contributed by atoms with Gasteiger partial charge in [-0.1, -0.05) is 55.8 Å². The van der Waals surface area contributed by atoms with Gasteiger partial charge < -0.3 is 10.6 Å². The van der Waals surface area contributed by atoms with Crippen molar-refractivity contribution in [2.75, 3.05) is 17.2 Å². The molecule has 1 heterocycles. The maximum atomic E-state index is 13.2. The fraction of sp³-hybridized carbons (Fsp3) is 0.261. The van der Waals surface area contributed by atoms with Crippen LogP contribution in [0.25, 0.3) is 0 Å². The molecule has 0 spiro atoms. The molecule has 2 aromatic carbocycles. The van der Waals surface area contributed by atoms with Crippen molar-refractivity contribution in [1.29, 1.82) is 0 Å². The highest BCUT2D eigenvalue weighted by atomic mass is 19.1. The molecule has 0 bridgehead atoms. The van der Waals surface area contributed by atoms with Crippen LogP contribution in [0.2, 0.25) is 0 Å². The van der Waals surface area contributed by atoms with E-state index in [0.29, 0.717) is 12.0 Å². The Kier molecular flexibility index (Phi) is 7.02. The maximum Gasteiger partial charge on any atom is 0.330 e. The molecule has 0 atom stereocenters. The van der Waals surface area contributed by atoms with Gasteiger partial charge in [-0.15, -0.1) is 0 Å². The predicted molar refractivity (Wildman–Crippen MR) is 119 cm³/mol. The Bertz CT molecular complexity index is 1150. The van der Waals surface area contributed by atoms with Gasteiger partial charge >= 0.3 is 5.69 Å². The van der Waals surface area contributed by atoms with E-state index in [-0.39, 0.29) is 36.9 Å². The zero-order chi connectivity index (χ0) is 22.4. The minimum atomic E-state index is -0.713. The second-order valence-corrected chi connectivity index (χ2v) is 7.27. The molecular formula is C23H25FN4O3. The fourth-order valence-electron chi connectivity index (χ4n) is 3.31. The first kappa shape index (κ1) is 22.0. The third-order valence-electron chi connectivity index (χ3n) is 4.97. The zero-order valence-corrected chi connectivity index (χ0v) is 17.3. The molecule has 3 aromatic rings. The summed E-state index contributed by atoms with van der Waals surface area (Å²) in [6, 6.07) is 14.8. The van der Waals surface area contributed by atoms with E-state index in [2.05, 4.69) is 4.98 Å². The minimum Gasteiger partial charge on any atom is -0.383 e. The SMILES string of the molecule is CCCCN(C(=O)Cc1ccc(F)cc1)c1c(N)n(Cc2ccccc2)c(=O)[nH]c1=O. The van der Waals surface area contributed by atoms with Gasteiger partial charge in [0, 0.05) is 6.54 Å². The molecule has 0 aliphatic heterocycles. The first-order valence-electron chi connectivity index (χ1n) is 10.1. The molecule has 3 rings (SSSR count).